The fourth-order valence-corrected chi connectivity index (χ4v) is 3.71. The van der Waals surface area contributed by atoms with Gasteiger partial charge in [0.2, 0.25) is 0 Å². The first-order chi connectivity index (χ1) is 13.0. The predicted molar refractivity (Wildman–Crippen MR) is 105 cm³/mol. The molecule has 0 unspecified atom stereocenters. The molecule has 0 aliphatic carbocycles. The zero-order valence-corrected chi connectivity index (χ0v) is 15.9. The summed E-state index contributed by atoms with van der Waals surface area (Å²) in [6, 6.07) is 13.9. The molecule has 2 aliphatic heterocycles. The molecule has 2 heterocycles. The Morgan fingerprint density at radius 3 is 2.11 bits per heavy atom. The SMILES string of the molecule is O=C1NC2(CCN(C(=O)c3ccc(Cl)cc3)CC2)N=C1c1ccc(Cl)cc1. The van der Waals surface area contributed by atoms with E-state index in [0.29, 0.717) is 47.3 Å². The van der Waals surface area contributed by atoms with Gasteiger partial charge in [0.1, 0.15) is 11.4 Å². The van der Waals surface area contributed by atoms with E-state index >= 15 is 0 Å². The van der Waals surface area contributed by atoms with Crippen molar-refractivity contribution in [2.75, 3.05) is 13.1 Å². The molecule has 5 nitrogen and oxygen atoms in total. The number of carbonyl (C=O) groups is 2. The highest BCUT2D eigenvalue weighted by molar-refractivity contribution is 6.47. The molecule has 0 radical (unpaired) electrons. The monoisotopic (exact) mass is 401 g/mol. The number of halogens is 2. The van der Waals surface area contributed by atoms with E-state index in [-0.39, 0.29) is 11.8 Å². The van der Waals surface area contributed by atoms with Crippen LogP contribution < -0.4 is 5.32 Å². The molecule has 7 heteroatoms. The Hall–Kier alpha value is -2.37. The number of carbonyl (C=O) groups excluding carboxylic acids is 2. The molecule has 1 fully saturated rings. The highest BCUT2D eigenvalue weighted by Crippen LogP contribution is 2.29. The summed E-state index contributed by atoms with van der Waals surface area (Å²) in [5.74, 6) is -0.220. The van der Waals surface area contributed by atoms with Crippen molar-refractivity contribution >= 4 is 40.7 Å². The first-order valence-corrected chi connectivity index (χ1v) is 9.45. The van der Waals surface area contributed by atoms with Crippen LogP contribution in [0.15, 0.2) is 53.5 Å². The number of aliphatic imine (C=N–C) groups is 1. The van der Waals surface area contributed by atoms with Crippen LogP contribution in [0.4, 0.5) is 0 Å². The number of rotatable bonds is 2. The van der Waals surface area contributed by atoms with Gasteiger partial charge in [0.05, 0.1) is 0 Å². The van der Waals surface area contributed by atoms with Gasteiger partial charge in [0.15, 0.2) is 0 Å². The van der Waals surface area contributed by atoms with Crippen LogP contribution in [0.5, 0.6) is 0 Å². The molecule has 1 saturated heterocycles. The van der Waals surface area contributed by atoms with Gasteiger partial charge < -0.3 is 10.2 Å². The second-order valence-electron chi connectivity index (χ2n) is 6.75. The zero-order chi connectivity index (χ0) is 19.0. The summed E-state index contributed by atoms with van der Waals surface area (Å²) >= 11 is 11.8. The third kappa shape index (κ3) is 3.57. The fourth-order valence-electron chi connectivity index (χ4n) is 3.46. The number of likely N-dealkylation sites (tertiary alicyclic amines) is 1. The van der Waals surface area contributed by atoms with Gasteiger partial charge in [0, 0.05) is 47.1 Å². The number of amides is 2. The highest BCUT2D eigenvalue weighted by Gasteiger charge is 2.42. The molecule has 2 amide bonds. The van der Waals surface area contributed by atoms with Gasteiger partial charge in [0.25, 0.3) is 11.8 Å². The first-order valence-electron chi connectivity index (χ1n) is 8.69. The molecular formula is C20H17Cl2N3O2. The summed E-state index contributed by atoms with van der Waals surface area (Å²) in [6.07, 6.45) is 1.16. The zero-order valence-electron chi connectivity index (χ0n) is 14.4. The van der Waals surface area contributed by atoms with Crippen LogP contribution in [0.2, 0.25) is 10.0 Å². The maximum Gasteiger partial charge on any atom is 0.272 e. The lowest BCUT2D eigenvalue weighted by atomic mass is 9.97. The molecular weight excluding hydrogens is 385 g/mol. The molecule has 138 valence electrons. The number of nitrogens with one attached hydrogen (secondary N) is 1. The smallest absolute Gasteiger partial charge is 0.272 e. The fraction of sp³-hybridized carbons (Fsp3) is 0.250. The molecule has 27 heavy (non-hydrogen) atoms. The van der Waals surface area contributed by atoms with Crippen molar-refractivity contribution in [1.29, 1.82) is 0 Å². The van der Waals surface area contributed by atoms with Crippen molar-refractivity contribution in [3.63, 3.8) is 0 Å². The van der Waals surface area contributed by atoms with Crippen molar-refractivity contribution in [1.82, 2.24) is 10.2 Å². The summed E-state index contributed by atoms with van der Waals surface area (Å²) < 4.78 is 0. The Morgan fingerprint density at radius 1 is 0.963 bits per heavy atom. The van der Waals surface area contributed by atoms with E-state index < -0.39 is 5.66 Å². The minimum atomic E-state index is -0.636. The van der Waals surface area contributed by atoms with Crippen LogP contribution in [0.3, 0.4) is 0 Å². The van der Waals surface area contributed by atoms with Gasteiger partial charge in [-0.25, -0.2) is 0 Å². The Bertz CT molecular complexity index is 915. The Balaban J connectivity index is 1.48. The van der Waals surface area contributed by atoms with Crippen molar-refractivity contribution in [2.24, 2.45) is 4.99 Å². The summed E-state index contributed by atoms with van der Waals surface area (Å²) in [5.41, 5.74) is 1.14. The van der Waals surface area contributed by atoms with Crippen molar-refractivity contribution in [2.45, 2.75) is 18.5 Å². The van der Waals surface area contributed by atoms with E-state index in [2.05, 4.69) is 5.32 Å². The van der Waals surface area contributed by atoms with Crippen LogP contribution in [0, 0.1) is 0 Å². The molecule has 2 aromatic rings. The number of hydrogen-bond donors (Lipinski definition) is 1. The van der Waals surface area contributed by atoms with Gasteiger partial charge in [-0.05, 0) is 36.4 Å². The maximum absolute atomic E-state index is 12.6. The summed E-state index contributed by atoms with van der Waals surface area (Å²) in [6.45, 7) is 1.05. The standard InChI is InChI=1S/C20H17Cl2N3O2/c21-15-5-1-13(2-6-15)17-18(26)24-20(23-17)9-11-25(12-10-20)19(27)14-3-7-16(22)8-4-14/h1-8H,9-12H2,(H,24,26). The summed E-state index contributed by atoms with van der Waals surface area (Å²) in [4.78, 5) is 31.6. The Labute approximate surface area is 167 Å². The van der Waals surface area contributed by atoms with E-state index in [1.165, 1.54) is 0 Å². The van der Waals surface area contributed by atoms with Gasteiger partial charge >= 0.3 is 0 Å². The van der Waals surface area contributed by atoms with E-state index in [0.717, 1.165) is 5.56 Å². The van der Waals surface area contributed by atoms with Gasteiger partial charge in [-0.3, -0.25) is 14.6 Å². The molecule has 4 rings (SSSR count). The largest absolute Gasteiger partial charge is 0.338 e. The van der Waals surface area contributed by atoms with Crippen molar-refractivity contribution < 1.29 is 9.59 Å². The molecule has 1 spiro atoms. The number of hydrogen-bond acceptors (Lipinski definition) is 3. The normalized spacial score (nSPS) is 18.4. The Kier molecular flexibility index (Phi) is 4.66. The van der Waals surface area contributed by atoms with Gasteiger partial charge in [-0.2, -0.15) is 0 Å². The van der Waals surface area contributed by atoms with Crippen LogP contribution in [0.1, 0.15) is 28.8 Å². The lowest BCUT2D eigenvalue weighted by molar-refractivity contribution is -0.115. The Morgan fingerprint density at radius 2 is 1.52 bits per heavy atom. The third-order valence-corrected chi connectivity index (χ3v) is 5.48. The average Bonchev–Trinajstić information content (AvgIpc) is 2.99. The molecule has 0 saturated carbocycles. The first kappa shape index (κ1) is 18.0. The molecule has 1 N–H and O–H groups in total. The van der Waals surface area contributed by atoms with E-state index in [9.17, 15) is 9.59 Å². The third-order valence-electron chi connectivity index (χ3n) is 4.97. The lowest BCUT2D eigenvalue weighted by Crippen LogP contribution is -2.52. The van der Waals surface area contributed by atoms with Crippen LogP contribution >= 0.6 is 23.2 Å². The average molecular weight is 402 g/mol. The van der Waals surface area contributed by atoms with Crippen molar-refractivity contribution in [3.8, 4) is 0 Å². The van der Waals surface area contributed by atoms with Crippen molar-refractivity contribution in [3.05, 3.63) is 69.7 Å². The second-order valence-corrected chi connectivity index (χ2v) is 7.62. The number of benzene rings is 2. The summed E-state index contributed by atoms with van der Waals surface area (Å²) in [5, 5.41) is 4.22. The van der Waals surface area contributed by atoms with Crippen LogP contribution in [0.25, 0.3) is 0 Å². The predicted octanol–water partition coefficient (Wildman–Crippen LogP) is 3.54. The molecule has 0 bridgehead atoms. The van der Waals surface area contributed by atoms with Crippen LogP contribution in [-0.4, -0.2) is 41.2 Å². The topological polar surface area (TPSA) is 61.8 Å². The second kappa shape index (κ2) is 6.98. The highest BCUT2D eigenvalue weighted by atomic mass is 35.5. The number of piperidine rings is 1. The molecule has 2 aliphatic rings. The van der Waals surface area contributed by atoms with E-state index in [1.807, 2.05) is 0 Å². The minimum absolute atomic E-state index is 0.0345. The molecule has 0 aromatic heterocycles. The quantitative estimate of drug-likeness (QED) is 0.835. The molecule has 0 atom stereocenters. The minimum Gasteiger partial charge on any atom is -0.338 e. The lowest BCUT2D eigenvalue weighted by Gasteiger charge is -2.37. The van der Waals surface area contributed by atoms with E-state index in [1.54, 1.807) is 53.4 Å². The van der Waals surface area contributed by atoms with Gasteiger partial charge in [-0.15, -0.1) is 0 Å². The van der Waals surface area contributed by atoms with Gasteiger partial charge in [-0.1, -0.05) is 35.3 Å². The van der Waals surface area contributed by atoms with E-state index in [4.69, 9.17) is 28.2 Å². The maximum atomic E-state index is 12.6. The number of nitrogens with zero attached hydrogens (tertiary/aromatic N) is 2. The molecule has 2 aromatic carbocycles. The summed E-state index contributed by atoms with van der Waals surface area (Å²) in [7, 11) is 0. The van der Waals surface area contributed by atoms with Crippen LogP contribution in [-0.2, 0) is 4.79 Å².